The number of rotatable bonds is 8. The Morgan fingerprint density at radius 2 is 2.00 bits per heavy atom. The van der Waals surface area contributed by atoms with Crippen molar-refractivity contribution >= 4 is 5.91 Å². The number of nitrogens with zero attached hydrogens (tertiary/aromatic N) is 1. The Hall–Kier alpha value is -0.610. The number of carbonyl (C=O) groups is 1. The first-order chi connectivity index (χ1) is 6.66. The monoisotopic (exact) mass is 201 g/mol. The second kappa shape index (κ2) is 8.97. The van der Waals surface area contributed by atoms with E-state index in [1.807, 2.05) is 14.1 Å². The van der Waals surface area contributed by atoms with Gasteiger partial charge in [0.05, 0.1) is 6.54 Å². The van der Waals surface area contributed by atoms with Crippen molar-refractivity contribution in [3.63, 3.8) is 0 Å². The molecule has 4 nitrogen and oxygen atoms in total. The molecule has 0 atom stereocenters. The normalized spacial score (nSPS) is 10.6. The fourth-order valence-corrected chi connectivity index (χ4v) is 1.06. The molecule has 0 aromatic rings. The average Bonchev–Trinajstić information content (AvgIpc) is 2.13. The van der Waals surface area contributed by atoms with Gasteiger partial charge in [-0.2, -0.15) is 0 Å². The SMILES string of the molecule is CCCNCC(=O)NCCCN(C)C. The Bertz CT molecular complexity index is 148. The van der Waals surface area contributed by atoms with Crippen LogP contribution in [0.25, 0.3) is 0 Å². The van der Waals surface area contributed by atoms with Gasteiger partial charge in [0.1, 0.15) is 0 Å². The van der Waals surface area contributed by atoms with Crippen LogP contribution in [0.2, 0.25) is 0 Å². The molecule has 0 saturated carbocycles. The molecule has 14 heavy (non-hydrogen) atoms. The highest BCUT2D eigenvalue weighted by Gasteiger charge is 1.98. The maximum absolute atomic E-state index is 11.2. The molecule has 2 N–H and O–H groups in total. The molecule has 0 aromatic heterocycles. The fraction of sp³-hybridized carbons (Fsp3) is 0.900. The van der Waals surface area contributed by atoms with Crippen molar-refractivity contribution in [3.05, 3.63) is 0 Å². The Labute approximate surface area is 87.0 Å². The van der Waals surface area contributed by atoms with Gasteiger partial charge in [-0.15, -0.1) is 0 Å². The van der Waals surface area contributed by atoms with Gasteiger partial charge in [0.25, 0.3) is 0 Å². The fourth-order valence-electron chi connectivity index (χ4n) is 1.06. The van der Waals surface area contributed by atoms with Gasteiger partial charge in [-0.1, -0.05) is 6.92 Å². The lowest BCUT2D eigenvalue weighted by molar-refractivity contribution is -0.120. The molecule has 0 aliphatic rings. The van der Waals surface area contributed by atoms with Crippen molar-refractivity contribution in [1.82, 2.24) is 15.5 Å². The zero-order valence-electron chi connectivity index (χ0n) is 9.60. The standard InChI is InChI=1S/C10H23N3O/c1-4-6-11-9-10(14)12-7-5-8-13(2)3/h11H,4-9H2,1-3H3,(H,12,14). The van der Waals surface area contributed by atoms with Crippen molar-refractivity contribution in [1.29, 1.82) is 0 Å². The number of hydrogen-bond acceptors (Lipinski definition) is 3. The minimum atomic E-state index is 0.0946. The zero-order chi connectivity index (χ0) is 10.8. The smallest absolute Gasteiger partial charge is 0.233 e. The molecule has 0 saturated heterocycles. The molecule has 0 aromatic carbocycles. The largest absolute Gasteiger partial charge is 0.355 e. The van der Waals surface area contributed by atoms with Crippen LogP contribution in [0.15, 0.2) is 0 Å². The van der Waals surface area contributed by atoms with E-state index in [2.05, 4.69) is 22.5 Å². The Balaban J connectivity index is 3.18. The van der Waals surface area contributed by atoms with Gasteiger partial charge < -0.3 is 15.5 Å². The lowest BCUT2D eigenvalue weighted by Gasteiger charge is -2.10. The molecule has 4 heteroatoms. The summed E-state index contributed by atoms with van der Waals surface area (Å²) in [5.41, 5.74) is 0. The van der Waals surface area contributed by atoms with Gasteiger partial charge in [-0.25, -0.2) is 0 Å². The molecule has 1 amide bonds. The summed E-state index contributed by atoms with van der Waals surface area (Å²) in [5.74, 6) is 0.0946. The molecule has 0 spiro atoms. The summed E-state index contributed by atoms with van der Waals surface area (Å²) in [4.78, 5) is 13.3. The summed E-state index contributed by atoms with van der Waals surface area (Å²) in [6, 6.07) is 0. The highest BCUT2D eigenvalue weighted by atomic mass is 16.1. The average molecular weight is 201 g/mol. The Morgan fingerprint density at radius 3 is 2.57 bits per heavy atom. The molecule has 0 unspecified atom stereocenters. The van der Waals surface area contributed by atoms with Crippen molar-refractivity contribution in [2.24, 2.45) is 0 Å². The van der Waals surface area contributed by atoms with Gasteiger partial charge in [-0.05, 0) is 40.0 Å². The van der Waals surface area contributed by atoms with E-state index in [1.165, 1.54) is 0 Å². The van der Waals surface area contributed by atoms with Crippen LogP contribution in [0, 0.1) is 0 Å². The summed E-state index contributed by atoms with van der Waals surface area (Å²) in [5, 5.41) is 5.93. The van der Waals surface area contributed by atoms with Crippen LogP contribution in [0.5, 0.6) is 0 Å². The van der Waals surface area contributed by atoms with E-state index in [1.54, 1.807) is 0 Å². The summed E-state index contributed by atoms with van der Waals surface area (Å²) >= 11 is 0. The van der Waals surface area contributed by atoms with Crippen LogP contribution >= 0.6 is 0 Å². The third-order valence-electron chi connectivity index (χ3n) is 1.82. The third-order valence-corrected chi connectivity index (χ3v) is 1.82. The van der Waals surface area contributed by atoms with E-state index in [0.29, 0.717) is 6.54 Å². The summed E-state index contributed by atoms with van der Waals surface area (Å²) in [7, 11) is 4.06. The number of nitrogens with one attached hydrogen (secondary N) is 2. The molecule has 0 aliphatic heterocycles. The predicted octanol–water partition coefficient (Wildman–Crippen LogP) is 0.0539. The van der Waals surface area contributed by atoms with E-state index in [4.69, 9.17) is 0 Å². The lowest BCUT2D eigenvalue weighted by atomic mass is 10.4. The van der Waals surface area contributed by atoms with E-state index in [-0.39, 0.29) is 5.91 Å². The van der Waals surface area contributed by atoms with Crippen LogP contribution in [-0.4, -0.2) is 51.1 Å². The minimum absolute atomic E-state index is 0.0946. The molecule has 0 rings (SSSR count). The van der Waals surface area contributed by atoms with Gasteiger partial charge in [-0.3, -0.25) is 4.79 Å². The number of carbonyl (C=O) groups excluding carboxylic acids is 1. The molecule has 0 bridgehead atoms. The summed E-state index contributed by atoms with van der Waals surface area (Å²) < 4.78 is 0. The first kappa shape index (κ1) is 13.4. The van der Waals surface area contributed by atoms with Crippen molar-refractivity contribution in [2.75, 3.05) is 40.3 Å². The van der Waals surface area contributed by atoms with E-state index < -0.39 is 0 Å². The van der Waals surface area contributed by atoms with Crippen LogP contribution in [0.4, 0.5) is 0 Å². The summed E-state index contributed by atoms with van der Waals surface area (Å²) in [6.07, 6.45) is 2.07. The maximum atomic E-state index is 11.2. The second-order valence-corrected chi connectivity index (χ2v) is 3.68. The molecule has 0 radical (unpaired) electrons. The van der Waals surface area contributed by atoms with Crippen molar-refractivity contribution < 1.29 is 4.79 Å². The third kappa shape index (κ3) is 9.48. The van der Waals surface area contributed by atoms with E-state index >= 15 is 0 Å². The molecule has 0 fully saturated rings. The molecular formula is C10H23N3O. The molecule has 0 heterocycles. The Morgan fingerprint density at radius 1 is 1.29 bits per heavy atom. The number of hydrogen-bond donors (Lipinski definition) is 2. The lowest BCUT2D eigenvalue weighted by Crippen LogP contribution is -2.35. The molecular weight excluding hydrogens is 178 g/mol. The van der Waals surface area contributed by atoms with E-state index in [0.717, 1.165) is 32.5 Å². The van der Waals surface area contributed by atoms with Gasteiger partial charge in [0.2, 0.25) is 5.91 Å². The highest BCUT2D eigenvalue weighted by Crippen LogP contribution is 1.80. The first-order valence-corrected chi connectivity index (χ1v) is 5.29. The van der Waals surface area contributed by atoms with E-state index in [9.17, 15) is 4.79 Å². The van der Waals surface area contributed by atoms with Crippen LogP contribution in [0.3, 0.4) is 0 Å². The zero-order valence-corrected chi connectivity index (χ0v) is 9.60. The predicted molar refractivity (Wildman–Crippen MR) is 59.3 cm³/mol. The van der Waals surface area contributed by atoms with Gasteiger partial charge in [0, 0.05) is 6.54 Å². The van der Waals surface area contributed by atoms with Gasteiger partial charge in [0.15, 0.2) is 0 Å². The maximum Gasteiger partial charge on any atom is 0.233 e. The number of amides is 1. The van der Waals surface area contributed by atoms with Crippen LogP contribution < -0.4 is 10.6 Å². The Kier molecular flexibility index (Phi) is 8.57. The van der Waals surface area contributed by atoms with Crippen molar-refractivity contribution in [2.45, 2.75) is 19.8 Å². The van der Waals surface area contributed by atoms with Crippen LogP contribution in [0.1, 0.15) is 19.8 Å². The van der Waals surface area contributed by atoms with Crippen LogP contribution in [-0.2, 0) is 4.79 Å². The highest BCUT2D eigenvalue weighted by molar-refractivity contribution is 5.77. The summed E-state index contributed by atoms with van der Waals surface area (Å²) in [6.45, 7) is 5.22. The van der Waals surface area contributed by atoms with Gasteiger partial charge >= 0.3 is 0 Å². The second-order valence-electron chi connectivity index (χ2n) is 3.68. The molecule has 84 valence electrons. The first-order valence-electron chi connectivity index (χ1n) is 5.29. The topological polar surface area (TPSA) is 44.4 Å². The minimum Gasteiger partial charge on any atom is -0.355 e. The quantitative estimate of drug-likeness (QED) is 0.546. The van der Waals surface area contributed by atoms with Crippen molar-refractivity contribution in [3.8, 4) is 0 Å². The molecule has 0 aliphatic carbocycles.